The number of carbonyl (C=O) groups is 2. The number of piperidine rings is 1. The first-order valence-electron chi connectivity index (χ1n) is 12.7. The van der Waals surface area contributed by atoms with Crippen molar-refractivity contribution in [1.29, 1.82) is 0 Å². The number of aliphatic imine (C=N–C) groups is 1. The van der Waals surface area contributed by atoms with Gasteiger partial charge in [-0.3, -0.25) is 14.6 Å². The third-order valence-electron chi connectivity index (χ3n) is 7.96. The summed E-state index contributed by atoms with van der Waals surface area (Å²) in [5.74, 6) is 0.925. The molecule has 35 heavy (non-hydrogen) atoms. The zero-order valence-electron chi connectivity index (χ0n) is 21.3. The number of benzene rings is 1. The van der Waals surface area contributed by atoms with E-state index in [1.807, 2.05) is 19.1 Å². The number of amides is 2. The first-order chi connectivity index (χ1) is 16.4. The molecule has 2 amide bonds. The van der Waals surface area contributed by atoms with Gasteiger partial charge in [-0.1, -0.05) is 19.9 Å². The third kappa shape index (κ3) is 5.77. The van der Waals surface area contributed by atoms with Crippen LogP contribution in [0, 0.1) is 18.3 Å². The normalized spacial score (nSPS) is 22.6. The Morgan fingerprint density at radius 3 is 2.43 bits per heavy atom. The van der Waals surface area contributed by atoms with Crippen LogP contribution in [-0.2, 0) is 26.0 Å². The fourth-order valence-electron chi connectivity index (χ4n) is 5.51. The molecule has 1 saturated heterocycles. The van der Waals surface area contributed by atoms with Crippen molar-refractivity contribution >= 4 is 33.4 Å². The van der Waals surface area contributed by atoms with Crippen LogP contribution in [0.25, 0.3) is 0 Å². The van der Waals surface area contributed by atoms with E-state index < -0.39 is 15.6 Å². The van der Waals surface area contributed by atoms with Gasteiger partial charge in [0.2, 0.25) is 15.9 Å². The van der Waals surface area contributed by atoms with Crippen molar-refractivity contribution in [2.24, 2.45) is 16.3 Å². The number of hydrogen-bond acceptors (Lipinski definition) is 5. The van der Waals surface area contributed by atoms with Gasteiger partial charge in [0, 0.05) is 31.6 Å². The number of carbonyl (C=O) groups excluding carboxylic acids is 2. The predicted molar refractivity (Wildman–Crippen MR) is 138 cm³/mol. The van der Waals surface area contributed by atoms with E-state index in [1.165, 1.54) is 11.2 Å². The lowest BCUT2D eigenvalue weighted by Gasteiger charge is -2.35. The van der Waals surface area contributed by atoms with E-state index in [0.717, 1.165) is 42.6 Å². The maximum Gasteiger partial charge on any atom is 0.253 e. The van der Waals surface area contributed by atoms with Crippen LogP contribution in [0.5, 0.6) is 0 Å². The summed E-state index contributed by atoms with van der Waals surface area (Å²) in [6, 6.07) is 5.52. The van der Waals surface area contributed by atoms with Gasteiger partial charge in [-0.05, 0) is 80.5 Å². The summed E-state index contributed by atoms with van der Waals surface area (Å²) in [6.45, 7) is 8.57. The average molecular weight is 503 g/mol. The summed E-state index contributed by atoms with van der Waals surface area (Å²) in [5, 5.41) is 5.79. The Hall–Kier alpha value is -2.26. The molecule has 0 radical (unpaired) electrons. The number of amidine groups is 1. The van der Waals surface area contributed by atoms with Crippen molar-refractivity contribution in [2.75, 3.05) is 24.2 Å². The van der Waals surface area contributed by atoms with Gasteiger partial charge in [0.05, 0.1) is 5.75 Å². The van der Waals surface area contributed by atoms with Gasteiger partial charge >= 0.3 is 0 Å². The molecule has 1 saturated carbocycles. The molecular weight excluding hydrogens is 464 g/mol. The molecule has 0 unspecified atom stereocenters. The van der Waals surface area contributed by atoms with Crippen molar-refractivity contribution in [3.05, 3.63) is 29.3 Å². The summed E-state index contributed by atoms with van der Waals surface area (Å²) in [4.78, 5) is 29.0. The number of anilines is 1. The summed E-state index contributed by atoms with van der Waals surface area (Å²) >= 11 is 0. The van der Waals surface area contributed by atoms with E-state index in [1.54, 1.807) is 6.07 Å². The van der Waals surface area contributed by atoms with Crippen molar-refractivity contribution in [3.63, 3.8) is 0 Å². The average Bonchev–Trinajstić information content (AvgIpc) is 3.08. The molecule has 192 valence electrons. The van der Waals surface area contributed by atoms with E-state index in [2.05, 4.69) is 24.5 Å². The van der Waals surface area contributed by atoms with Gasteiger partial charge in [-0.15, -0.1) is 0 Å². The second-order valence-electron chi connectivity index (χ2n) is 11.2. The first-order valence-corrected chi connectivity index (χ1v) is 14.3. The molecular formula is C26H38N4O4S. The topological polar surface area (TPSA) is 108 Å². The second-order valence-corrected chi connectivity index (χ2v) is 13.3. The highest BCUT2D eigenvalue weighted by molar-refractivity contribution is 7.89. The van der Waals surface area contributed by atoms with Gasteiger partial charge in [0.25, 0.3) is 5.91 Å². The van der Waals surface area contributed by atoms with E-state index in [0.29, 0.717) is 49.4 Å². The first kappa shape index (κ1) is 25.8. The summed E-state index contributed by atoms with van der Waals surface area (Å²) in [5.41, 5.74) is 2.12. The van der Waals surface area contributed by atoms with Crippen LogP contribution in [0.15, 0.2) is 23.2 Å². The number of hydrogen-bond donors (Lipinski definition) is 2. The van der Waals surface area contributed by atoms with Crippen molar-refractivity contribution in [3.8, 4) is 0 Å². The largest absolute Gasteiger partial charge is 0.326 e. The summed E-state index contributed by atoms with van der Waals surface area (Å²) in [7, 11) is -3.45. The standard InChI is InChI=1S/C26H38N4O4S/c1-18-17-22(27-19(2)31)6-5-20(18)9-16-35(33,34)30-14-12-26(13-15-30)24(32)28-23(29-26)21-7-10-25(3,4)11-8-21/h5-6,17,21H,7-16H2,1-4H3,(H,27,31)(H,28,29,32). The molecule has 0 bridgehead atoms. The molecule has 0 aromatic heterocycles. The lowest BCUT2D eigenvalue weighted by Crippen LogP contribution is -2.51. The van der Waals surface area contributed by atoms with Gasteiger partial charge < -0.3 is 10.6 Å². The predicted octanol–water partition coefficient (Wildman–Crippen LogP) is 3.41. The number of rotatable bonds is 6. The van der Waals surface area contributed by atoms with E-state index in [-0.39, 0.29) is 17.6 Å². The molecule has 2 N–H and O–H groups in total. The SMILES string of the molecule is CC(=O)Nc1ccc(CCS(=O)(=O)N2CCC3(CC2)N=C(C2CCC(C)(C)CC2)NC3=O)c(C)c1. The molecule has 2 aliphatic heterocycles. The van der Waals surface area contributed by atoms with Crippen LogP contribution in [0.2, 0.25) is 0 Å². The zero-order valence-corrected chi connectivity index (χ0v) is 22.1. The molecule has 8 nitrogen and oxygen atoms in total. The smallest absolute Gasteiger partial charge is 0.253 e. The van der Waals surface area contributed by atoms with Crippen LogP contribution in [-0.4, -0.2) is 54.8 Å². The molecule has 9 heteroatoms. The third-order valence-corrected chi connectivity index (χ3v) is 9.83. The monoisotopic (exact) mass is 502 g/mol. The summed E-state index contributed by atoms with van der Waals surface area (Å²) < 4.78 is 27.7. The molecule has 4 rings (SSSR count). The highest BCUT2D eigenvalue weighted by Gasteiger charge is 2.48. The van der Waals surface area contributed by atoms with E-state index in [4.69, 9.17) is 4.99 Å². The van der Waals surface area contributed by atoms with Crippen LogP contribution in [0.1, 0.15) is 70.4 Å². The van der Waals surface area contributed by atoms with Crippen LogP contribution >= 0.6 is 0 Å². The fraction of sp³-hybridized carbons (Fsp3) is 0.654. The molecule has 1 aromatic rings. The highest BCUT2D eigenvalue weighted by atomic mass is 32.2. The molecule has 1 aromatic carbocycles. The van der Waals surface area contributed by atoms with Gasteiger partial charge in [0.1, 0.15) is 11.4 Å². The summed E-state index contributed by atoms with van der Waals surface area (Å²) in [6.07, 6.45) is 5.56. The Kier molecular flexibility index (Phi) is 7.12. The Morgan fingerprint density at radius 2 is 1.83 bits per heavy atom. The van der Waals surface area contributed by atoms with Crippen LogP contribution in [0.4, 0.5) is 5.69 Å². The Morgan fingerprint density at radius 1 is 1.17 bits per heavy atom. The van der Waals surface area contributed by atoms with Crippen molar-refractivity contribution < 1.29 is 18.0 Å². The number of aryl methyl sites for hydroxylation is 2. The molecule has 2 heterocycles. The zero-order chi connectivity index (χ0) is 25.4. The highest BCUT2D eigenvalue weighted by Crippen LogP contribution is 2.40. The maximum absolute atomic E-state index is 13.1. The van der Waals surface area contributed by atoms with E-state index in [9.17, 15) is 18.0 Å². The molecule has 2 fully saturated rings. The van der Waals surface area contributed by atoms with E-state index >= 15 is 0 Å². The Bertz CT molecular complexity index is 1120. The lowest BCUT2D eigenvalue weighted by atomic mass is 9.73. The lowest BCUT2D eigenvalue weighted by molar-refractivity contribution is -0.125. The number of sulfonamides is 1. The Labute approximate surface area is 209 Å². The minimum Gasteiger partial charge on any atom is -0.326 e. The maximum atomic E-state index is 13.1. The molecule has 3 aliphatic rings. The van der Waals surface area contributed by atoms with Gasteiger partial charge in [-0.2, -0.15) is 0 Å². The minimum absolute atomic E-state index is 0.0128. The molecule has 1 spiro atoms. The quantitative estimate of drug-likeness (QED) is 0.621. The van der Waals surface area contributed by atoms with Gasteiger partial charge in [0.15, 0.2) is 0 Å². The minimum atomic E-state index is -3.45. The molecule has 1 aliphatic carbocycles. The molecule has 0 atom stereocenters. The van der Waals surface area contributed by atoms with Crippen molar-refractivity contribution in [1.82, 2.24) is 9.62 Å². The number of nitrogens with one attached hydrogen (secondary N) is 2. The second kappa shape index (κ2) is 9.65. The van der Waals surface area contributed by atoms with Crippen molar-refractivity contribution in [2.45, 2.75) is 78.2 Å². The van der Waals surface area contributed by atoms with Gasteiger partial charge in [-0.25, -0.2) is 12.7 Å². The Balaban J connectivity index is 1.35. The number of nitrogens with zero attached hydrogens (tertiary/aromatic N) is 2. The van der Waals surface area contributed by atoms with Crippen LogP contribution in [0.3, 0.4) is 0 Å². The van der Waals surface area contributed by atoms with Crippen LogP contribution < -0.4 is 10.6 Å². The fourth-order valence-corrected chi connectivity index (χ4v) is 6.98.